The van der Waals surface area contributed by atoms with Gasteiger partial charge in [0.2, 0.25) is 5.82 Å². The van der Waals surface area contributed by atoms with Gasteiger partial charge in [-0.1, -0.05) is 0 Å². The van der Waals surface area contributed by atoms with E-state index in [0.717, 1.165) is 12.1 Å². The quantitative estimate of drug-likeness (QED) is 0.752. The molecule has 1 aromatic heterocycles. The molecule has 0 aliphatic carbocycles. The number of anilines is 1. The summed E-state index contributed by atoms with van der Waals surface area (Å²) in [4.78, 5) is 8.89. The maximum absolute atomic E-state index is 13.6. The number of hydrogen-bond acceptors (Lipinski definition) is 4. The van der Waals surface area contributed by atoms with Gasteiger partial charge in [-0.05, 0) is 32.0 Å². The number of morpholine rings is 1. The summed E-state index contributed by atoms with van der Waals surface area (Å²) in [6.45, 7) is 4.42. The molecule has 1 aliphatic heterocycles. The van der Waals surface area contributed by atoms with Gasteiger partial charge in [0.1, 0.15) is 11.6 Å². The number of hydrogen-bond donors (Lipinski definition) is 0. The van der Waals surface area contributed by atoms with Gasteiger partial charge in [0.25, 0.3) is 0 Å². The van der Waals surface area contributed by atoms with E-state index in [9.17, 15) is 17.6 Å². The van der Waals surface area contributed by atoms with Crippen LogP contribution in [-0.2, 0) is 10.9 Å². The van der Waals surface area contributed by atoms with Crippen LogP contribution in [0.3, 0.4) is 0 Å². The lowest BCUT2D eigenvalue weighted by Gasteiger charge is -2.36. The first-order chi connectivity index (χ1) is 10.7. The van der Waals surface area contributed by atoms with Crippen LogP contribution < -0.4 is 4.90 Å². The Hall–Kier alpha value is -1.96. The Morgan fingerprint density at radius 2 is 1.78 bits per heavy atom. The summed E-state index contributed by atoms with van der Waals surface area (Å²) in [5.74, 6) is -1.68. The molecule has 23 heavy (non-hydrogen) atoms. The molecule has 1 aliphatic rings. The SMILES string of the molecule is CC1CN(c2nc(C(F)(F)F)nc3ccc(F)cc23)CC(C)O1. The van der Waals surface area contributed by atoms with Gasteiger partial charge in [0.15, 0.2) is 0 Å². The fourth-order valence-corrected chi connectivity index (χ4v) is 2.80. The van der Waals surface area contributed by atoms with Crippen molar-refractivity contribution in [3.63, 3.8) is 0 Å². The van der Waals surface area contributed by atoms with E-state index < -0.39 is 17.8 Å². The molecule has 2 unspecified atom stereocenters. The van der Waals surface area contributed by atoms with Crippen LogP contribution in [-0.4, -0.2) is 35.3 Å². The summed E-state index contributed by atoms with van der Waals surface area (Å²) in [6, 6.07) is 3.48. The normalized spacial score (nSPS) is 22.6. The molecule has 8 heteroatoms. The van der Waals surface area contributed by atoms with Crippen LogP contribution in [0.1, 0.15) is 19.7 Å². The molecular formula is C15H15F4N3O. The number of ether oxygens (including phenoxy) is 1. The molecule has 1 saturated heterocycles. The van der Waals surface area contributed by atoms with Crippen molar-refractivity contribution in [1.82, 2.24) is 9.97 Å². The summed E-state index contributed by atoms with van der Waals surface area (Å²) >= 11 is 0. The minimum Gasteiger partial charge on any atom is -0.372 e. The first-order valence-electron chi connectivity index (χ1n) is 7.19. The molecule has 3 rings (SSSR count). The topological polar surface area (TPSA) is 38.2 Å². The molecule has 0 spiro atoms. The number of fused-ring (bicyclic) bond motifs is 1. The summed E-state index contributed by atoms with van der Waals surface area (Å²) < 4.78 is 58.3. The summed E-state index contributed by atoms with van der Waals surface area (Å²) in [5, 5.41) is 0.263. The fourth-order valence-electron chi connectivity index (χ4n) is 2.80. The average Bonchev–Trinajstić information content (AvgIpc) is 2.44. The Balaban J connectivity index is 2.18. The highest BCUT2D eigenvalue weighted by Crippen LogP contribution is 2.33. The van der Waals surface area contributed by atoms with E-state index in [-0.39, 0.29) is 28.9 Å². The molecule has 0 saturated carbocycles. The first kappa shape index (κ1) is 15.9. The third kappa shape index (κ3) is 3.21. The van der Waals surface area contributed by atoms with Crippen molar-refractivity contribution in [1.29, 1.82) is 0 Å². The van der Waals surface area contributed by atoms with Gasteiger partial charge in [-0.3, -0.25) is 0 Å². The van der Waals surface area contributed by atoms with E-state index in [1.54, 1.807) is 4.90 Å². The summed E-state index contributed by atoms with van der Waals surface area (Å²) in [7, 11) is 0. The van der Waals surface area contributed by atoms with Crippen molar-refractivity contribution in [2.75, 3.05) is 18.0 Å². The molecule has 0 amide bonds. The summed E-state index contributed by atoms with van der Waals surface area (Å²) in [6.07, 6.45) is -4.99. The van der Waals surface area contributed by atoms with Gasteiger partial charge < -0.3 is 9.64 Å². The zero-order chi connectivity index (χ0) is 16.8. The number of halogens is 4. The van der Waals surface area contributed by atoms with Crippen molar-refractivity contribution >= 4 is 16.7 Å². The zero-order valence-electron chi connectivity index (χ0n) is 12.6. The smallest absolute Gasteiger partial charge is 0.372 e. The fraction of sp³-hybridized carbons (Fsp3) is 0.467. The maximum Gasteiger partial charge on any atom is 0.451 e. The van der Waals surface area contributed by atoms with Crippen LogP contribution >= 0.6 is 0 Å². The Morgan fingerprint density at radius 1 is 1.13 bits per heavy atom. The van der Waals surface area contributed by atoms with Gasteiger partial charge in [-0.15, -0.1) is 0 Å². The van der Waals surface area contributed by atoms with Crippen molar-refractivity contribution in [3.05, 3.63) is 29.8 Å². The molecule has 1 aromatic carbocycles. The molecule has 1 fully saturated rings. The van der Waals surface area contributed by atoms with Gasteiger partial charge in [-0.25, -0.2) is 14.4 Å². The third-order valence-electron chi connectivity index (χ3n) is 3.61. The number of alkyl halides is 3. The molecule has 2 atom stereocenters. The predicted octanol–water partition coefficient (Wildman–Crippen LogP) is 3.40. The van der Waals surface area contributed by atoms with Crippen LogP contribution in [0.4, 0.5) is 23.4 Å². The largest absolute Gasteiger partial charge is 0.451 e. The second-order valence-electron chi connectivity index (χ2n) is 5.69. The lowest BCUT2D eigenvalue weighted by Crippen LogP contribution is -2.46. The van der Waals surface area contributed by atoms with Gasteiger partial charge in [0.05, 0.1) is 17.7 Å². The van der Waals surface area contributed by atoms with E-state index in [1.807, 2.05) is 13.8 Å². The van der Waals surface area contributed by atoms with Crippen molar-refractivity contribution in [2.45, 2.75) is 32.2 Å². The van der Waals surface area contributed by atoms with Gasteiger partial charge >= 0.3 is 6.18 Å². The first-order valence-corrected chi connectivity index (χ1v) is 7.19. The molecule has 0 bridgehead atoms. The number of rotatable bonds is 1. The number of aromatic nitrogens is 2. The second kappa shape index (κ2) is 5.59. The highest BCUT2D eigenvalue weighted by molar-refractivity contribution is 5.89. The number of benzene rings is 1. The standard InChI is InChI=1S/C15H15F4N3O/c1-8-6-22(7-9(2)23-8)13-11-5-10(16)3-4-12(11)20-14(21-13)15(17,18)19/h3-5,8-9H,6-7H2,1-2H3. The van der Waals surface area contributed by atoms with E-state index in [0.29, 0.717) is 13.1 Å². The van der Waals surface area contributed by atoms with Crippen LogP contribution in [0.25, 0.3) is 10.9 Å². The predicted molar refractivity (Wildman–Crippen MR) is 76.7 cm³/mol. The lowest BCUT2D eigenvalue weighted by molar-refractivity contribution is -0.144. The Bertz CT molecular complexity index is 724. The number of nitrogens with zero attached hydrogens (tertiary/aromatic N) is 3. The molecule has 124 valence electrons. The lowest BCUT2D eigenvalue weighted by atomic mass is 10.1. The average molecular weight is 329 g/mol. The van der Waals surface area contributed by atoms with Gasteiger partial charge in [-0.2, -0.15) is 13.2 Å². The molecule has 0 N–H and O–H groups in total. The molecular weight excluding hydrogens is 314 g/mol. The minimum atomic E-state index is -4.67. The molecule has 4 nitrogen and oxygen atoms in total. The van der Waals surface area contributed by atoms with Gasteiger partial charge in [0, 0.05) is 18.5 Å². The van der Waals surface area contributed by atoms with E-state index >= 15 is 0 Å². The molecule has 0 radical (unpaired) electrons. The van der Waals surface area contributed by atoms with Crippen molar-refractivity contribution < 1.29 is 22.3 Å². The van der Waals surface area contributed by atoms with Crippen LogP contribution in [0.5, 0.6) is 0 Å². The zero-order valence-corrected chi connectivity index (χ0v) is 12.6. The molecule has 2 aromatic rings. The van der Waals surface area contributed by atoms with Crippen molar-refractivity contribution in [2.24, 2.45) is 0 Å². The van der Waals surface area contributed by atoms with Crippen molar-refractivity contribution in [3.8, 4) is 0 Å². The van der Waals surface area contributed by atoms with Crippen LogP contribution in [0.15, 0.2) is 18.2 Å². The Labute approximate surface area is 130 Å². The highest BCUT2D eigenvalue weighted by atomic mass is 19.4. The monoisotopic (exact) mass is 329 g/mol. The van der Waals surface area contributed by atoms with E-state index in [2.05, 4.69) is 9.97 Å². The summed E-state index contributed by atoms with van der Waals surface area (Å²) in [5.41, 5.74) is 0.0653. The van der Waals surface area contributed by atoms with E-state index in [1.165, 1.54) is 6.07 Å². The Kier molecular flexibility index (Phi) is 3.87. The van der Waals surface area contributed by atoms with E-state index in [4.69, 9.17) is 4.74 Å². The van der Waals surface area contributed by atoms with Crippen LogP contribution in [0.2, 0.25) is 0 Å². The second-order valence-corrected chi connectivity index (χ2v) is 5.69. The maximum atomic E-state index is 13.6. The molecule has 2 heterocycles. The Morgan fingerprint density at radius 3 is 2.39 bits per heavy atom. The minimum absolute atomic E-state index is 0.0653. The highest BCUT2D eigenvalue weighted by Gasteiger charge is 2.36. The van der Waals surface area contributed by atoms with Crippen LogP contribution in [0, 0.1) is 5.82 Å². The third-order valence-corrected chi connectivity index (χ3v) is 3.61.